The number of anilines is 2. The van der Waals surface area contributed by atoms with Crippen LogP contribution in [0.1, 0.15) is 70.2 Å². The van der Waals surface area contributed by atoms with Crippen LogP contribution in [0.25, 0.3) is 43.3 Å². The first-order chi connectivity index (χ1) is 29.1. The van der Waals surface area contributed by atoms with Crippen LogP contribution >= 0.6 is 22.7 Å². The molecule has 1 unspecified atom stereocenters. The number of rotatable bonds is 9. The normalized spacial score (nSPS) is 11.2. The second-order valence-corrected chi connectivity index (χ2v) is 17.6. The fourth-order valence-corrected chi connectivity index (χ4v) is 7.67. The number of ether oxygens (including phenoxy) is 1. The summed E-state index contributed by atoms with van der Waals surface area (Å²) in [4.78, 5) is 41.9. The van der Waals surface area contributed by atoms with Gasteiger partial charge in [0.15, 0.2) is 11.5 Å². The van der Waals surface area contributed by atoms with Gasteiger partial charge in [0.25, 0.3) is 11.8 Å². The molecule has 20 nitrogen and oxygen atoms in total. The summed E-state index contributed by atoms with van der Waals surface area (Å²) < 4.78 is 32.1. The Kier molecular flexibility index (Phi) is 19.1. The number of primary amides is 2. The van der Waals surface area contributed by atoms with E-state index in [0.29, 0.717) is 49.1 Å². The molecule has 0 saturated carbocycles. The fraction of sp³-hybridized carbons (Fsp3) is 0.300. The van der Waals surface area contributed by atoms with Gasteiger partial charge in [-0.3, -0.25) is 23.2 Å². The summed E-state index contributed by atoms with van der Waals surface area (Å²) in [5.74, 6) is 1.14. The molecular formula is C40H49KN12O8S3. The van der Waals surface area contributed by atoms with Gasteiger partial charge in [-0.2, -0.15) is 20.2 Å². The third-order valence-corrected chi connectivity index (χ3v) is 10.8. The van der Waals surface area contributed by atoms with E-state index in [-0.39, 0.29) is 104 Å². The Labute approximate surface area is 421 Å². The van der Waals surface area contributed by atoms with Crippen LogP contribution in [0, 0.1) is 13.8 Å². The fourth-order valence-electron chi connectivity index (χ4n) is 5.29. The SMILES string of the molecule is C.CC(C)(C)[O-].Cc1ccc(-c2nc(OCc3cnn(C)c3)nc3sc(C(N)=O)c(N)c23)o1.Cc1ccc(-c2nc(S(C)=O)nc3sc(C(N)=O)c(N)c23)o1.Cn1cc(CO)cn1.[K+]. The van der Waals surface area contributed by atoms with Crippen LogP contribution < -0.4 is 84.2 Å². The van der Waals surface area contributed by atoms with Gasteiger partial charge >= 0.3 is 57.4 Å². The molecule has 8 aromatic heterocycles. The number of furan rings is 2. The predicted octanol–water partition coefficient (Wildman–Crippen LogP) is 1.63. The molecule has 2 amide bonds. The zero-order valence-electron chi connectivity index (χ0n) is 35.9. The van der Waals surface area contributed by atoms with Crippen LogP contribution in [-0.4, -0.2) is 72.5 Å². The number of hydrogen-bond donors (Lipinski definition) is 5. The van der Waals surface area contributed by atoms with Crippen molar-refractivity contribution < 1.29 is 89.0 Å². The Morgan fingerprint density at radius 3 is 1.61 bits per heavy atom. The number of aryl methyl sites for hydroxylation is 4. The maximum atomic E-state index is 11.7. The van der Waals surface area contributed by atoms with Crippen molar-refractivity contribution >= 4 is 77.1 Å². The zero-order chi connectivity index (χ0) is 45.6. The van der Waals surface area contributed by atoms with E-state index < -0.39 is 28.2 Å². The van der Waals surface area contributed by atoms with Crippen molar-refractivity contribution in [3.05, 3.63) is 81.5 Å². The van der Waals surface area contributed by atoms with Crippen molar-refractivity contribution in [2.24, 2.45) is 25.6 Å². The van der Waals surface area contributed by atoms with E-state index in [2.05, 4.69) is 30.1 Å². The van der Waals surface area contributed by atoms with Gasteiger partial charge in [-0.25, -0.2) is 9.97 Å². The van der Waals surface area contributed by atoms with Crippen molar-refractivity contribution in [2.75, 3.05) is 17.7 Å². The van der Waals surface area contributed by atoms with Gasteiger partial charge in [0.2, 0.25) is 5.16 Å². The maximum Gasteiger partial charge on any atom is 1.00 e. The Morgan fingerprint density at radius 2 is 1.25 bits per heavy atom. The van der Waals surface area contributed by atoms with Gasteiger partial charge < -0.3 is 46.7 Å². The van der Waals surface area contributed by atoms with Gasteiger partial charge in [0.1, 0.15) is 48.9 Å². The van der Waals surface area contributed by atoms with Crippen LogP contribution in [0.15, 0.2) is 63.0 Å². The van der Waals surface area contributed by atoms with Crippen LogP contribution in [0.4, 0.5) is 11.4 Å². The Balaban J connectivity index is 0.000000263. The summed E-state index contributed by atoms with van der Waals surface area (Å²) in [6, 6.07) is 7.26. The monoisotopic (exact) mass is 960 g/mol. The molecule has 0 bridgehead atoms. The minimum atomic E-state index is -1.38. The quantitative estimate of drug-likeness (QED) is 0.101. The van der Waals surface area contributed by atoms with E-state index >= 15 is 0 Å². The molecule has 0 aliphatic rings. The number of nitrogens with zero attached hydrogens (tertiary/aromatic N) is 8. The van der Waals surface area contributed by atoms with E-state index in [1.165, 1.54) is 6.26 Å². The average molecular weight is 961 g/mol. The van der Waals surface area contributed by atoms with Gasteiger partial charge in [0, 0.05) is 43.9 Å². The van der Waals surface area contributed by atoms with Crippen LogP contribution in [-0.2, 0) is 38.1 Å². The van der Waals surface area contributed by atoms with E-state index in [4.69, 9.17) is 41.6 Å². The number of aliphatic hydroxyl groups is 1. The van der Waals surface area contributed by atoms with E-state index in [1.54, 1.807) is 73.8 Å². The van der Waals surface area contributed by atoms with Gasteiger partial charge in [-0.05, 0) is 38.1 Å². The summed E-state index contributed by atoms with van der Waals surface area (Å²) >= 11 is 2.15. The first-order valence-electron chi connectivity index (χ1n) is 18.3. The molecule has 8 heterocycles. The molecular weight excluding hydrogens is 912 g/mol. The number of nitrogen functional groups attached to an aromatic ring is 2. The van der Waals surface area contributed by atoms with Gasteiger partial charge in [-0.15, -0.1) is 28.3 Å². The van der Waals surface area contributed by atoms with E-state index in [1.807, 2.05) is 33.3 Å². The molecule has 0 saturated heterocycles. The Morgan fingerprint density at radius 1 is 0.812 bits per heavy atom. The first-order valence-corrected chi connectivity index (χ1v) is 21.5. The predicted molar refractivity (Wildman–Crippen MR) is 241 cm³/mol. The Bertz CT molecular complexity index is 2880. The van der Waals surface area contributed by atoms with E-state index in [0.717, 1.165) is 39.6 Å². The van der Waals surface area contributed by atoms with Crippen LogP contribution in [0.5, 0.6) is 6.01 Å². The number of aromatic nitrogens is 8. The maximum absolute atomic E-state index is 11.7. The molecule has 0 spiro atoms. The molecule has 0 aliphatic carbocycles. The summed E-state index contributed by atoms with van der Waals surface area (Å²) in [7, 11) is 2.26. The molecule has 336 valence electrons. The standard InChI is InChI=1S/C17H16N6O3S.C13H12N4O3S2.C5H8N2O.C4H9O.CH4.K/c1-8-3-4-10(26-8)13-11-12(18)14(15(19)24)27-16(11)22-17(21-13)25-7-9-5-20-23(2)6-9;1-5-3-4-6(20-5)9-7-8(14)10(11(15)18)21-12(7)17-13(16-9)22(2)19;1-7-3-5(4-8)2-6-7;1-4(2,3)5;;/h3-6H,7,18H2,1-2H3,(H2,19,24);3-4H,14H2,1-2H3,(H2,15,18);2-3,8H,4H2,1H3;1-3H3;1H4;/q;;;-1;;+1. The molecule has 0 aliphatic heterocycles. The minimum absolute atomic E-state index is 0. The molecule has 64 heavy (non-hydrogen) atoms. The second-order valence-electron chi connectivity index (χ2n) is 14.4. The average Bonchev–Trinajstić information content (AvgIpc) is 4.06. The summed E-state index contributed by atoms with van der Waals surface area (Å²) in [6.45, 7) is 8.85. The summed E-state index contributed by atoms with van der Waals surface area (Å²) in [5, 5.41) is 27.7. The molecule has 8 rings (SSSR count). The molecule has 0 radical (unpaired) electrons. The molecule has 0 fully saturated rings. The Hall–Kier alpha value is -4.89. The third kappa shape index (κ3) is 13.8. The topological polar surface area (TPSA) is 321 Å². The summed E-state index contributed by atoms with van der Waals surface area (Å²) in [5.41, 5.74) is 25.2. The zero-order valence-corrected chi connectivity index (χ0v) is 41.5. The van der Waals surface area contributed by atoms with E-state index in [9.17, 15) is 18.9 Å². The van der Waals surface area contributed by atoms with Crippen molar-refractivity contribution in [1.29, 1.82) is 0 Å². The molecule has 0 aromatic carbocycles. The van der Waals surface area contributed by atoms with Crippen LogP contribution in [0.3, 0.4) is 0 Å². The van der Waals surface area contributed by atoms with Crippen molar-refractivity contribution in [3.8, 4) is 28.9 Å². The number of amides is 2. The number of carbonyl (C=O) groups excluding carboxylic acids is 2. The van der Waals surface area contributed by atoms with Crippen LogP contribution in [0.2, 0.25) is 0 Å². The minimum Gasteiger partial charge on any atom is -0.850 e. The van der Waals surface area contributed by atoms with Gasteiger partial charge in [-0.1, -0.05) is 28.2 Å². The molecule has 1 atom stereocenters. The number of fused-ring (bicyclic) bond motifs is 2. The molecule has 9 N–H and O–H groups in total. The molecule has 8 aromatic rings. The number of nitrogens with two attached hydrogens (primary N) is 4. The number of hydrogen-bond acceptors (Lipinski definition) is 18. The number of thiophene rings is 2. The van der Waals surface area contributed by atoms with Crippen molar-refractivity contribution in [3.63, 3.8) is 0 Å². The first kappa shape index (κ1) is 53.4. The number of carbonyl (C=O) groups is 2. The molecule has 24 heteroatoms. The largest absolute Gasteiger partial charge is 1.00 e. The van der Waals surface area contributed by atoms with Gasteiger partial charge in [0.05, 0.1) is 51.9 Å². The van der Waals surface area contributed by atoms with Crippen molar-refractivity contribution in [2.45, 2.75) is 66.0 Å². The smallest absolute Gasteiger partial charge is 0.850 e. The third-order valence-electron chi connectivity index (χ3n) is 7.86. The van der Waals surface area contributed by atoms with Crippen molar-refractivity contribution in [1.82, 2.24) is 39.5 Å². The summed E-state index contributed by atoms with van der Waals surface area (Å²) in [6.07, 6.45) is 8.43. The number of aliphatic hydroxyl groups excluding tert-OH is 1. The second kappa shape index (κ2) is 22.8.